The van der Waals surface area contributed by atoms with Gasteiger partial charge < -0.3 is 4.74 Å². The third kappa shape index (κ3) is 3.40. The molecular formula is C22H18ClFN2O. The van der Waals surface area contributed by atoms with Crippen LogP contribution in [0.5, 0.6) is 5.75 Å². The maximum absolute atomic E-state index is 14.5. The van der Waals surface area contributed by atoms with Gasteiger partial charge in [-0.15, -0.1) is 0 Å². The van der Waals surface area contributed by atoms with Crippen LogP contribution in [-0.2, 0) is 0 Å². The number of methoxy groups -OCH3 is 1. The van der Waals surface area contributed by atoms with Crippen LogP contribution in [-0.4, -0.2) is 12.8 Å². The Labute approximate surface area is 162 Å². The van der Waals surface area contributed by atoms with E-state index in [0.29, 0.717) is 17.1 Å². The Morgan fingerprint density at radius 2 is 1.70 bits per heavy atom. The average molecular weight is 381 g/mol. The van der Waals surface area contributed by atoms with E-state index in [9.17, 15) is 4.39 Å². The van der Waals surface area contributed by atoms with Gasteiger partial charge >= 0.3 is 0 Å². The van der Waals surface area contributed by atoms with Crippen molar-refractivity contribution < 1.29 is 9.13 Å². The molecule has 0 unspecified atom stereocenters. The highest BCUT2D eigenvalue weighted by molar-refractivity contribution is 6.30. The van der Waals surface area contributed by atoms with Gasteiger partial charge in [-0.2, -0.15) is 5.10 Å². The molecule has 5 heteroatoms. The Morgan fingerprint density at radius 1 is 1.00 bits per heavy atom. The molecule has 0 bridgehead atoms. The fourth-order valence-corrected chi connectivity index (χ4v) is 3.50. The summed E-state index contributed by atoms with van der Waals surface area (Å²) in [5.74, 6) is 0.454. The highest BCUT2D eigenvalue weighted by atomic mass is 35.5. The number of hydrogen-bond donors (Lipinski definition) is 0. The Morgan fingerprint density at radius 3 is 2.44 bits per heavy atom. The molecule has 0 spiro atoms. The van der Waals surface area contributed by atoms with E-state index in [1.807, 2.05) is 54.6 Å². The van der Waals surface area contributed by atoms with Crippen molar-refractivity contribution in [2.45, 2.75) is 12.5 Å². The number of nitrogens with zero attached hydrogens (tertiary/aromatic N) is 2. The van der Waals surface area contributed by atoms with Gasteiger partial charge in [0.05, 0.1) is 24.6 Å². The first-order valence-electron chi connectivity index (χ1n) is 8.67. The third-order valence-corrected chi connectivity index (χ3v) is 4.94. The first kappa shape index (κ1) is 17.6. The fraction of sp³-hybridized carbons (Fsp3) is 0.136. The summed E-state index contributed by atoms with van der Waals surface area (Å²) in [5.41, 5.74) is 3.26. The zero-order valence-electron chi connectivity index (χ0n) is 14.8. The molecular weight excluding hydrogens is 363 g/mol. The van der Waals surface area contributed by atoms with Crippen LogP contribution in [0.4, 0.5) is 10.1 Å². The number of hydrazone groups is 1. The van der Waals surface area contributed by atoms with Gasteiger partial charge in [0.25, 0.3) is 0 Å². The Balaban J connectivity index is 1.80. The van der Waals surface area contributed by atoms with Crippen LogP contribution in [0.25, 0.3) is 0 Å². The normalized spacial score (nSPS) is 16.3. The molecule has 0 amide bonds. The van der Waals surface area contributed by atoms with Gasteiger partial charge in [0.1, 0.15) is 11.6 Å². The van der Waals surface area contributed by atoms with Crippen molar-refractivity contribution in [3.63, 3.8) is 0 Å². The fourth-order valence-electron chi connectivity index (χ4n) is 3.37. The number of halogens is 2. The molecule has 136 valence electrons. The van der Waals surface area contributed by atoms with Gasteiger partial charge in [-0.25, -0.2) is 4.39 Å². The minimum atomic E-state index is -0.307. The summed E-state index contributed by atoms with van der Waals surface area (Å²) in [6, 6.07) is 21.9. The maximum Gasteiger partial charge on any atom is 0.148 e. The molecule has 0 N–H and O–H groups in total. The lowest BCUT2D eigenvalue weighted by molar-refractivity contribution is 0.405. The maximum atomic E-state index is 14.5. The van der Waals surface area contributed by atoms with Gasteiger partial charge in [-0.3, -0.25) is 5.01 Å². The summed E-state index contributed by atoms with van der Waals surface area (Å²) in [6.45, 7) is 0. The summed E-state index contributed by atoms with van der Waals surface area (Å²) >= 11 is 6.01. The second-order valence-electron chi connectivity index (χ2n) is 6.31. The molecule has 1 heterocycles. The van der Waals surface area contributed by atoms with Crippen LogP contribution in [0.2, 0.25) is 5.02 Å². The molecule has 0 fully saturated rings. The zero-order valence-corrected chi connectivity index (χ0v) is 15.5. The largest absolute Gasteiger partial charge is 0.496 e. The second kappa shape index (κ2) is 7.41. The number of ether oxygens (including phenoxy) is 1. The quantitative estimate of drug-likeness (QED) is 0.567. The molecule has 0 aliphatic carbocycles. The summed E-state index contributed by atoms with van der Waals surface area (Å²) in [4.78, 5) is 0. The van der Waals surface area contributed by atoms with Crippen LogP contribution in [0, 0.1) is 5.82 Å². The van der Waals surface area contributed by atoms with E-state index >= 15 is 0 Å². The molecule has 0 aromatic heterocycles. The van der Waals surface area contributed by atoms with Gasteiger partial charge in [-0.1, -0.05) is 54.1 Å². The molecule has 1 aliphatic heterocycles. The molecule has 0 radical (unpaired) electrons. The van der Waals surface area contributed by atoms with E-state index in [2.05, 4.69) is 0 Å². The van der Waals surface area contributed by atoms with E-state index in [4.69, 9.17) is 21.4 Å². The smallest absolute Gasteiger partial charge is 0.148 e. The first-order valence-corrected chi connectivity index (χ1v) is 9.05. The van der Waals surface area contributed by atoms with Gasteiger partial charge in [0.15, 0.2) is 0 Å². The molecule has 3 nitrogen and oxygen atoms in total. The van der Waals surface area contributed by atoms with Gasteiger partial charge in [0, 0.05) is 17.0 Å². The van der Waals surface area contributed by atoms with Gasteiger partial charge in [-0.05, 0) is 35.9 Å². The van der Waals surface area contributed by atoms with E-state index in [1.54, 1.807) is 24.3 Å². The number of anilines is 1. The van der Waals surface area contributed by atoms with E-state index in [1.165, 1.54) is 6.07 Å². The summed E-state index contributed by atoms with van der Waals surface area (Å²) in [6.07, 6.45) is 0.635. The Kier molecular flexibility index (Phi) is 4.82. The van der Waals surface area contributed by atoms with Crippen LogP contribution < -0.4 is 9.75 Å². The Hall–Kier alpha value is -2.85. The lowest BCUT2D eigenvalue weighted by atomic mass is 9.97. The lowest BCUT2D eigenvalue weighted by Gasteiger charge is -2.25. The van der Waals surface area contributed by atoms with E-state index in [-0.39, 0.29) is 11.9 Å². The number of benzene rings is 3. The van der Waals surface area contributed by atoms with E-state index in [0.717, 1.165) is 22.6 Å². The minimum Gasteiger partial charge on any atom is -0.496 e. The topological polar surface area (TPSA) is 24.8 Å². The average Bonchev–Trinajstić information content (AvgIpc) is 3.13. The van der Waals surface area contributed by atoms with Gasteiger partial charge in [0.2, 0.25) is 0 Å². The Bertz CT molecular complexity index is 988. The first-order chi connectivity index (χ1) is 13.2. The van der Waals surface area contributed by atoms with Crippen molar-refractivity contribution in [1.29, 1.82) is 0 Å². The van der Waals surface area contributed by atoms with Crippen molar-refractivity contribution >= 4 is 23.0 Å². The molecule has 3 aromatic rings. The number of rotatable bonds is 4. The molecule has 1 atom stereocenters. The SMILES string of the molecule is COc1ccccc1[C@H]1CC(c2ccc(Cl)cc2)=NN1c1ccccc1F. The van der Waals surface area contributed by atoms with Crippen LogP contribution in [0.15, 0.2) is 77.9 Å². The van der Waals surface area contributed by atoms with Crippen LogP contribution >= 0.6 is 11.6 Å². The van der Waals surface area contributed by atoms with Crippen LogP contribution in [0.3, 0.4) is 0 Å². The third-order valence-electron chi connectivity index (χ3n) is 4.69. The van der Waals surface area contributed by atoms with Crippen molar-refractivity contribution in [3.05, 3.63) is 94.8 Å². The predicted molar refractivity (Wildman–Crippen MR) is 107 cm³/mol. The second-order valence-corrected chi connectivity index (χ2v) is 6.75. The highest BCUT2D eigenvalue weighted by Gasteiger charge is 2.33. The van der Waals surface area contributed by atoms with E-state index < -0.39 is 0 Å². The van der Waals surface area contributed by atoms with Crippen LogP contribution in [0.1, 0.15) is 23.6 Å². The number of hydrogen-bond acceptors (Lipinski definition) is 3. The van der Waals surface area contributed by atoms with Crippen molar-refractivity contribution in [3.8, 4) is 5.75 Å². The van der Waals surface area contributed by atoms with Crippen molar-refractivity contribution in [2.75, 3.05) is 12.1 Å². The minimum absolute atomic E-state index is 0.163. The van der Waals surface area contributed by atoms with Crippen molar-refractivity contribution in [1.82, 2.24) is 0 Å². The summed E-state index contributed by atoms with van der Waals surface area (Å²) < 4.78 is 20.1. The molecule has 4 rings (SSSR count). The molecule has 0 saturated carbocycles. The molecule has 3 aromatic carbocycles. The van der Waals surface area contributed by atoms with Crippen molar-refractivity contribution in [2.24, 2.45) is 5.10 Å². The standard InChI is InChI=1S/C22H18ClFN2O/c1-27-22-9-5-2-6-17(22)21-14-19(15-10-12-16(23)13-11-15)25-26(21)20-8-4-3-7-18(20)24/h2-13,21H,14H2,1H3/t21-/m1/s1. The number of para-hydroxylation sites is 2. The zero-order chi connectivity index (χ0) is 18.8. The molecule has 0 saturated heterocycles. The summed E-state index contributed by atoms with van der Waals surface area (Å²) in [7, 11) is 1.64. The molecule has 27 heavy (non-hydrogen) atoms. The lowest BCUT2D eigenvalue weighted by Crippen LogP contribution is -2.20. The summed E-state index contributed by atoms with van der Waals surface area (Å²) in [5, 5.41) is 7.18. The monoisotopic (exact) mass is 380 g/mol. The predicted octanol–water partition coefficient (Wildman–Crippen LogP) is 5.84. The molecule has 1 aliphatic rings. The highest BCUT2D eigenvalue weighted by Crippen LogP contribution is 2.40.